The number of carbonyl (C=O) groups excluding carboxylic acids is 1. The standard InChI is InChI=1S/C25H37F3N4O4/c1-23(2,34)24(7-4-18(15-24)30-19-6-13-36-16-20(19)35-3)22(33)32-11-9-31(10-12-32)21-14-17(5-8-29-21)25(26,27)28/h5,8,14,18-20,30,34H,4,6-7,9-13,15-16H2,1-3H3/t18-,19?,20?,24-/m0/s1. The summed E-state index contributed by atoms with van der Waals surface area (Å²) in [4.78, 5) is 21.5. The van der Waals surface area contributed by atoms with E-state index in [4.69, 9.17) is 9.47 Å². The fourth-order valence-corrected chi connectivity index (χ4v) is 5.85. The molecule has 2 aliphatic heterocycles. The Labute approximate surface area is 210 Å². The summed E-state index contributed by atoms with van der Waals surface area (Å²) in [7, 11) is 1.67. The van der Waals surface area contributed by atoms with E-state index in [9.17, 15) is 23.1 Å². The van der Waals surface area contributed by atoms with Crippen molar-refractivity contribution in [3.63, 3.8) is 0 Å². The van der Waals surface area contributed by atoms with Gasteiger partial charge in [-0.1, -0.05) is 0 Å². The molecular formula is C25H37F3N4O4. The topological polar surface area (TPSA) is 87.2 Å². The predicted molar refractivity (Wildman–Crippen MR) is 128 cm³/mol. The highest BCUT2D eigenvalue weighted by atomic mass is 19.4. The van der Waals surface area contributed by atoms with Crippen LogP contribution in [0.1, 0.15) is 45.1 Å². The molecule has 0 radical (unpaired) electrons. The van der Waals surface area contributed by atoms with Gasteiger partial charge in [0, 0.05) is 58.2 Å². The Bertz CT molecular complexity index is 917. The van der Waals surface area contributed by atoms with E-state index in [1.54, 1.807) is 30.8 Å². The molecule has 1 aromatic rings. The van der Waals surface area contributed by atoms with Gasteiger partial charge in [0.05, 0.1) is 29.3 Å². The minimum atomic E-state index is -4.43. The monoisotopic (exact) mass is 514 g/mol. The summed E-state index contributed by atoms with van der Waals surface area (Å²) < 4.78 is 50.4. The van der Waals surface area contributed by atoms with Gasteiger partial charge in [-0.2, -0.15) is 13.2 Å². The van der Waals surface area contributed by atoms with Crippen molar-refractivity contribution in [1.82, 2.24) is 15.2 Å². The lowest BCUT2D eigenvalue weighted by Crippen LogP contribution is -2.59. The molecule has 1 aromatic heterocycles. The highest BCUT2D eigenvalue weighted by Crippen LogP contribution is 2.48. The third kappa shape index (κ3) is 5.49. The molecule has 3 fully saturated rings. The fourth-order valence-electron chi connectivity index (χ4n) is 5.85. The molecule has 11 heteroatoms. The summed E-state index contributed by atoms with van der Waals surface area (Å²) in [6, 6.07) is 2.20. The number of rotatable bonds is 6. The summed E-state index contributed by atoms with van der Waals surface area (Å²) in [6.45, 7) is 6.05. The molecule has 0 bridgehead atoms. The predicted octanol–water partition coefficient (Wildman–Crippen LogP) is 2.45. The van der Waals surface area contributed by atoms with Gasteiger partial charge in [-0.25, -0.2) is 4.98 Å². The Morgan fingerprint density at radius 3 is 2.61 bits per heavy atom. The van der Waals surface area contributed by atoms with Gasteiger partial charge < -0.3 is 29.7 Å². The van der Waals surface area contributed by atoms with Gasteiger partial charge in [-0.3, -0.25) is 4.79 Å². The maximum atomic E-state index is 13.9. The number of pyridine rings is 1. The van der Waals surface area contributed by atoms with Crippen molar-refractivity contribution in [1.29, 1.82) is 0 Å². The molecule has 2 unspecified atom stereocenters. The third-order valence-electron chi connectivity index (χ3n) is 8.12. The minimum Gasteiger partial charge on any atom is -0.389 e. The van der Waals surface area contributed by atoms with E-state index < -0.39 is 22.8 Å². The molecule has 4 rings (SSSR count). The van der Waals surface area contributed by atoms with Crippen LogP contribution >= 0.6 is 0 Å². The molecule has 0 aromatic carbocycles. The number of amides is 1. The average Bonchev–Trinajstić information content (AvgIpc) is 3.29. The summed E-state index contributed by atoms with van der Waals surface area (Å²) in [5, 5.41) is 14.8. The Morgan fingerprint density at radius 1 is 1.25 bits per heavy atom. The number of hydrogen-bond acceptors (Lipinski definition) is 7. The molecular weight excluding hydrogens is 477 g/mol. The second kappa shape index (κ2) is 10.4. The van der Waals surface area contributed by atoms with Gasteiger partial charge in [0.25, 0.3) is 0 Å². The number of alkyl halides is 3. The number of aliphatic hydroxyl groups is 1. The maximum Gasteiger partial charge on any atom is 0.416 e. The van der Waals surface area contributed by atoms with E-state index >= 15 is 0 Å². The van der Waals surface area contributed by atoms with Gasteiger partial charge in [-0.05, 0) is 51.7 Å². The van der Waals surface area contributed by atoms with Crippen LogP contribution in [-0.4, -0.2) is 91.2 Å². The van der Waals surface area contributed by atoms with Crippen LogP contribution in [0.4, 0.5) is 19.0 Å². The summed E-state index contributed by atoms with van der Waals surface area (Å²) in [5.74, 6) is 0.162. The van der Waals surface area contributed by atoms with Crippen LogP contribution < -0.4 is 10.2 Å². The Morgan fingerprint density at radius 2 is 1.97 bits per heavy atom. The van der Waals surface area contributed by atoms with Crippen molar-refractivity contribution >= 4 is 11.7 Å². The second-order valence-corrected chi connectivity index (χ2v) is 10.7. The number of anilines is 1. The lowest BCUT2D eigenvalue weighted by Gasteiger charge is -2.45. The molecule has 36 heavy (non-hydrogen) atoms. The fraction of sp³-hybridized carbons (Fsp3) is 0.760. The van der Waals surface area contributed by atoms with Crippen molar-refractivity contribution in [2.24, 2.45) is 5.41 Å². The van der Waals surface area contributed by atoms with E-state index in [1.165, 1.54) is 0 Å². The normalized spacial score (nSPS) is 30.0. The summed E-state index contributed by atoms with van der Waals surface area (Å²) >= 11 is 0. The molecule has 8 nitrogen and oxygen atoms in total. The van der Waals surface area contributed by atoms with Crippen LogP contribution in [0.3, 0.4) is 0 Å². The molecule has 1 aliphatic carbocycles. The number of hydrogen-bond donors (Lipinski definition) is 2. The first-order chi connectivity index (χ1) is 16.9. The van der Waals surface area contributed by atoms with Crippen molar-refractivity contribution in [3.8, 4) is 0 Å². The van der Waals surface area contributed by atoms with E-state index in [0.29, 0.717) is 52.2 Å². The maximum absolute atomic E-state index is 13.9. The van der Waals surface area contributed by atoms with Gasteiger partial charge in [0.1, 0.15) is 5.82 Å². The lowest BCUT2D eigenvalue weighted by atomic mass is 9.70. The molecule has 0 spiro atoms. The first-order valence-corrected chi connectivity index (χ1v) is 12.6. The van der Waals surface area contributed by atoms with Crippen LogP contribution in [0.5, 0.6) is 0 Å². The number of nitrogens with one attached hydrogen (secondary N) is 1. The van der Waals surface area contributed by atoms with Crippen molar-refractivity contribution < 1.29 is 32.5 Å². The number of piperazine rings is 1. The van der Waals surface area contributed by atoms with E-state index in [2.05, 4.69) is 10.3 Å². The number of aromatic nitrogens is 1. The van der Waals surface area contributed by atoms with Crippen LogP contribution in [0.15, 0.2) is 18.3 Å². The Balaban J connectivity index is 1.42. The molecule has 202 valence electrons. The van der Waals surface area contributed by atoms with Crippen molar-refractivity contribution in [3.05, 3.63) is 23.9 Å². The minimum absolute atomic E-state index is 0.0517. The third-order valence-corrected chi connectivity index (χ3v) is 8.12. The van der Waals surface area contributed by atoms with Gasteiger partial charge in [0.2, 0.25) is 5.91 Å². The summed E-state index contributed by atoms with van der Waals surface area (Å²) in [5.41, 5.74) is -2.90. The van der Waals surface area contributed by atoms with Gasteiger partial charge in [-0.15, -0.1) is 0 Å². The van der Waals surface area contributed by atoms with E-state index in [1.807, 2.05) is 0 Å². The molecule has 1 amide bonds. The highest BCUT2D eigenvalue weighted by molar-refractivity contribution is 5.85. The van der Waals surface area contributed by atoms with Crippen LogP contribution in [0.25, 0.3) is 0 Å². The number of carbonyl (C=O) groups is 1. The Hall–Kier alpha value is -1.95. The molecule has 2 saturated heterocycles. The number of ether oxygens (including phenoxy) is 2. The number of methoxy groups -OCH3 is 1. The highest BCUT2D eigenvalue weighted by Gasteiger charge is 2.56. The van der Waals surface area contributed by atoms with Crippen molar-refractivity contribution in [2.75, 3.05) is 51.4 Å². The summed E-state index contributed by atoms with van der Waals surface area (Å²) in [6.07, 6.45) is -0.667. The number of halogens is 3. The second-order valence-electron chi connectivity index (χ2n) is 10.7. The Kier molecular flexibility index (Phi) is 7.85. The van der Waals surface area contributed by atoms with Crippen LogP contribution in [-0.2, 0) is 20.4 Å². The zero-order chi connectivity index (χ0) is 26.1. The van der Waals surface area contributed by atoms with Crippen LogP contribution in [0.2, 0.25) is 0 Å². The largest absolute Gasteiger partial charge is 0.416 e. The first-order valence-electron chi connectivity index (χ1n) is 12.6. The smallest absolute Gasteiger partial charge is 0.389 e. The zero-order valence-corrected chi connectivity index (χ0v) is 21.2. The SMILES string of the molecule is COC1COCCC1N[C@H]1CC[C@](C(=O)N2CCN(c3cc(C(F)(F)F)ccn3)CC2)(C(C)(C)O)C1. The first kappa shape index (κ1) is 27.1. The average molecular weight is 515 g/mol. The molecule has 4 atom stereocenters. The van der Waals surface area contributed by atoms with E-state index in [-0.39, 0.29) is 29.9 Å². The quantitative estimate of drug-likeness (QED) is 0.603. The molecule has 3 aliphatic rings. The molecule has 3 heterocycles. The zero-order valence-electron chi connectivity index (χ0n) is 21.2. The number of nitrogens with zero attached hydrogens (tertiary/aromatic N) is 3. The van der Waals surface area contributed by atoms with Gasteiger partial charge in [0.15, 0.2) is 0 Å². The van der Waals surface area contributed by atoms with E-state index in [0.717, 1.165) is 31.2 Å². The molecule has 1 saturated carbocycles. The van der Waals surface area contributed by atoms with Crippen molar-refractivity contribution in [2.45, 2.75) is 69.5 Å². The van der Waals surface area contributed by atoms with Gasteiger partial charge >= 0.3 is 6.18 Å². The van der Waals surface area contributed by atoms with Crippen LogP contribution in [0, 0.1) is 5.41 Å². The lowest BCUT2D eigenvalue weighted by molar-refractivity contribution is -0.158. The molecule has 2 N–H and O–H groups in total.